The van der Waals surface area contributed by atoms with E-state index in [0.29, 0.717) is 12.0 Å². The van der Waals surface area contributed by atoms with E-state index in [0.717, 1.165) is 33.3 Å². The molecule has 0 fully saturated rings. The molecule has 5 heteroatoms. The molecule has 1 unspecified atom stereocenters. The first-order chi connectivity index (χ1) is 9.08. The van der Waals surface area contributed by atoms with Crippen LogP contribution in [0.2, 0.25) is 0 Å². The molecule has 1 atom stereocenters. The van der Waals surface area contributed by atoms with Gasteiger partial charge in [-0.3, -0.25) is 4.99 Å². The molecule has 1 heterocycles. The van der Waals surface area contributed by atoms with Crippen molar-refractivity contribution in [2.75, 3.05) is 18.2 Å². The Labute approximate surface area is 127 Å². The third-order valence-corrected chi connectivity index (χ3v) is 4.44. The predicted octanol–water partition coefficient (Wildman–Crippen LogP) is 4.39. The highest BCUT2D eigenvalue weighted by molar-refractivity contribution is 9.10. The van der Waals surface area contributed by atoms with Crippen LogP contribution in [0.1, 0.15) is 20.3 Å². The van der Waals surface area contributed by atoms with Crippen molar-refractivity contribution in [3.8, 4) is 5.75 Å². The highest BCUT2D eigenvalue weighted by Gasteiger charge is 2.18. The molecule has 1 aliphatic heterocycles. The van der Waals surface area contributed by atoms with E-state index in [1.807, 2.05) is 18.2 Å². The molecule has 1 aromatic rings. The standard InChI is InChI=1S/C14H19BrN2OS/c1-9(2)13-4-5-19-14(17-13)16-11-6-10(15)7-12(8-11)18-3/h6-9,13H,4-5H2,1-3H3,(H,16,17). The Kier molecular flexibility index (Phi) is 5.16. The molecule has 1 N–H and O–H groups in total. The summed E-state index contributed by atoms with van der Waals surface area (Å²) >= 11 is 5.27. The fourth-order valence-electron chi connectivity index (χ4n) is 1.96. The van der Waals surface area contributed by atoms with Crippen LogP contribution in [0.5, 0.6) is 5.75 Å². The average Bonchev–Trinajstić information content (AvgIpc) is 2.38. The second-order valence-corrected chi connectivity index (χ2v) is 6.89. The Morgan fingerprint density at radius 2 is 2.21 bits per heavy atom. The van der Waals surface area contributed by atoms with Crippen LogP contribution in [0.3, 0.4) is 0 Å². The molecular formula is C14H19BrN2OS. The van der Waals surface area contributed by atoms with Crippen molar-refractivity contribution in [3.05, 3.63) is 22.7 Å². The van der Waals surface area contributed by atoms with Gasteiger partial charge in [0.15, 0.2) is 5.17 Å². The molecule has 1 aromatic carbocycles. The maximum absolute atomic E-state index is 5.27. The van der Waals surface area contributed by atoms with Gasteiger partial charge in [0.1, 0.15) is 5.75 Å². The minimum Gasteiger partial charge on any atom is -0.497 e. The molecule has 1 aliphatic rings. The van der Waals surface area contributed by atoms with Crippen LogP contribution < -0.4 is 10.1 Å². The molecule has 0 saturated heterocycles. The van der Waals surface area contributed by atoms with Gasteiger partial charge in [-0.2, -0.15) is 0 Å². The minimum atomic E-state index is 0.429. The van der Waals surface area contributed by atoms with E-state index in [-0.39, 0.29) is 0 Å². The van der Waals surface area contributed by atoms with Crippen molar-refractivity contribution in [2.45, 2.75) is 26.3 Å². The molecule has 0 bridgehead atoms. The summed E-state index contributed by atoms with van der Waals surface area (Å²) in [6.45, 7) is 4.45. The Morgan fingerprint density at radius 1 is 1.42 bits per heavy atom. The van der Waals surface area contributed by atoms with Crippen molar-refractivity contribution in [3.63, 3.8) is 0 Å². The quantitative estimate of drug-likeness (QED) is 0.884. The lowest BCUT2D eigenvalue weighted by Gasteiger charge is -2.23. The van der Waals surface area contributed by atoms with Crippen LogP contribution >= 0.6 is 27.7 Å². The highest BCUT2D eigenvalue weighted by Crippen LogP contribution is 2.27. The molecule has 0 amide bonds. The molecule has 104 valence electrons. The van der Waals surface area contributed by atoms with E-state index >= 15 is 0 Å². The van der Waals surface area contributed by atoms with E-state index in [2.05, 4.69) is 35.1 Å². The fraction of sp³-hybridized carbons (Fsp3) is 0.500. The van der Waals surface area contributed by atoms with Gasteiger partial charge in [-0.15, -0.1) is 0 Å². The van der Waals surface area contributed by atoms with Crippen LogP contribution in [0.25, 0.3) is 0 Å². The van der Waals surface area contributed by atoms with Gasteiger partial charge in [-0.05, 0) is 24.5 Å². The largest absolute Gasteiger partial charge is 0.497 e. The van der Waals surface area contributed by atoms with Crippen molar-refractivity contribution >= 4 is 38.5 Å². The zero-order chi connectivity index (χ0) is 13.8. The molecule has 2 rings (SSSR count). The molecular weight excluding hydrogens is 324 g/mol. The first-order valence-electron chi connectivity index (χ1n) is 6.40. The van der Waals surface area contributed by atoms with Crippen molar-refractivity contribution in [1.29, 1.82) is 0 Å². The summed E-state index contributed by atoms with van der Waals surface area (Å²) in [6, 6.07) is 6.38. The summed E-state index contributed by atoms with van der Waals surface area (Å²) in [5.74, 6) is 2.55. The van der Waals surface area contributed by atoms with Gasteiger partial charge < -0.3 is 10.1 Å². The molecule has 0 aliphatic carbocycles. The minimum absolute atomic E-state index is 0.429. The Bertz CT molecular complexity index is 477. The van der Waals surface area contributed by atoms with Crippen LogP contribution in [-0.2, 0) is 0 Å². The van der Waals surface area contributed by atoms with Crippen LogP contribution in [-0.4, -0.2) is 24.1 Å². The second-order valence-electron chi connectivity index (χ2n) is 4.89. The molecule has 3 nitrogen and oxygen atoms in total. The molecule has 0 saturated carbocycles. The molecule has 0 radical (unpaired) electrons. The first kappa shape index (κ1) is 14.7. The van der Waals surface area contributed by atoms with E-state index in [1.165, 1.54) is 0 Å². The number of halogens is 1. The van der Waals surface area contributed by atoms with Gasteiger partial charge in [0.2, 0.25) is 0 Å². The molecule has 19 heavy (non-hydrogen) atoms. The average molecular weight is 343 g/mol. The van der Waals surface area contributed by atoms with Gasteiger partial charge >= 0.3 is 0 Å². The highest BCUT2D eigenvalue weighted by atomic mass is 79.9. The number of benzene rings is 1. The Morgan fingerprint density at radius 3 is 2.89 bits per heavy atom. The molecule has 0 aromatic heterocycles. The van der Waals surface area contributed by atoms with Gasteiger partial charge in [0.05, 0.1) is 13.2 Å². The maximum atomic E-state index is 5.27. The van der Waals surface area contributed by atoms with Crippen LogP contribution in [0.4, 0.5) is 5.69 Å². The van der Waals surface area contributed by atoms with Gasteiger partial charge in [0, 0.05) is 22.0 Å². The lowest BCUT2D eigenvalue weighted by atomic mass is 10.0. The van der Waals surface area contributed by atoms with E-state index < -0.39 is 0 Å². The lowest BCUT2D eigenvalue weighted by Crippen LogP contribution is -2.23. The van der Waals surface area contributed by atoms with Crippen molar-refractivity contribution in [1.82, 2.24) is 0 Å². The third-order valence-electron chi connectivity index (χ3n) is 3.06. The number of rotatable bonds is 3. The maximum Gasteiger partial charge on any atom is 0.161 e. The Balaban J connectivity index is 2.14. The van der Waals surface area contributed by atoms with E-state index in [1.54, 1.807) is 18.9 Å². The van der Waals surface area contributed by atoms with Gasteiger partial charge in [-0.1, -0.05) is 41.5 Å². The smallest absolute Gasteiger partial charge is 0.161 e. The number of nitrogens with one attached hydrogen (secondary N) is 1. The monoisotopic (exact) mass is 342 g/mol. The number of ether oxygens (including phenoxy) is 1. The third kappa shape index (κ3) is 4.14. The van der Waals surface area contributed by atoms with Gasteiger partial charge in [0.25, 0.3) is 0 Å². The van der Waals surface area contributed by atoms with Crippen molar-refractivity contribution in [2.24, 2.45) is 10.9 Å². The number of methoxy groups -OCH3 is 1. The topological polar surface area (TPSA) is 33.6 Å². The number of amidine groups is 1. The van der Waals surface area contributed by atoms with Crippen LogP contribution in [0.15, 0.2) is 27.7 Å². The van der Waals surface area contributed by atoms with E-state index in [9.17, 15) is 0 Å². The Hall–Kier alpha value is -0.680. The number of hydrogen-bond donors (Lipinski definition) is 1. The number of anilines is 1. The summed E-state index contributed by atoms with van der Waals surface area (Å²) in [7, 11) is 1.67. The van der Waals surface area contributed by atoms with Crippen molar-refractivity contribution < 1.29 is 4.74 Å². The number of nitrogens with zero attached hydrogens (tertiary/aromatic N) is 1. The summed E-state index contributed by atoms with van der Waals surface area (Å²) < 4.78 is 6.26. The number of hydrogen-bond acceptors (Lipinski definition) is 4. The summed E-state index contributed by atoms with van der Waals surface area (Å²) in [6.07, 6.45) is 1.16. The zero-order valence-corrected chi connectivity index (χ0v) is 13.8. The summed E-state index contributed by atoms with van der Waals surface area (Å²) in [4.78, 5) is 4.77. The van der Waals surface area contributed by atoms with Crippen LogP contribution in [0, 0.1) is 5.92 Å². The SMILES string of the molecule is COc1cc(Br)cc(NC2=NC(C(C)C)CCS2)c1. The first-order valence-corrected chi connectivity index (χ1v) is 8.18. The predicted molar refractivity (Wildman–Crippen MR) is 87.5 cm³/mol. The normalized spacial score (nSPS) is 19.2. The second kappa shape index (κ2) is 6.66. The lowest BCUT2D eigenvalue weighted by molar-refractivity contribution is 0.415. The summed E-state index contributed by atoms with van der Waals surface area (Å²) in [5, 5.41) is 4.39. The fourth-order valence-corrected chi connectivity index (χ4v) is 3.38. The number of aliphatic imine (C=N–C) groups is 1. The van der Waals surface area contributed by atoms with Gasteiger partial charge in [-0.25, -0.2) is 0 Å². The van der Waals surface area contributed by atoms with E-state index in [4.69, 9.17) is 9.73 Å². The zero-order valence-electron chi connectivity index (χ0n) is 11.4. The molecule has 0 spiro atoms. The number of thioether (sulfide) groups is 1. The summed E-state index contributed by atoms with van der Waals surface area (Å²) in [5.41, 5.74) is 1.00.